The van der Waals surface area contributed by atoms with Gasteiger partial charge in [0, 0.05) is 18.2 Å². The van der Waals surface area contributed by atoms with Crippen molar-refractivity contribution < 1.29 is 9.32 Å². The van der Waals surface area contributed by atoms with Crippen LogP contribution in [0.2, 0.25) is 0 Å². The number of aryl methyl sites for hydroxylation is 1. The number of benzene rings is 1. The van der Waals surface area contributed by atoms with E-state index in [1.165, 1.54) is 0 Å². The lowest BCUT2D eigenvalue weighted by Crippen LogP contribution is -2.23. The maximum Gasteiger partial charge on any atom is 0.220 e. The number of rotatable bonds is 5. The molecule has 1 heterocycles. The average molecular weight is 273 g/mol. The predicted octanol–water partition coefficient (Wildman–Crippen LogP) is 2.38. The molecule has 1 aromatic carbocycles. The highest BCUT2D eigenvalue weighted by molar-refractivity contribution is 5.76. The molecule has 1 unspecified atom stereocenters. The zero-order valence-corrected chi connectivity index (χ0v) is 11.7. The topological polar surface area (TPSA) is 81.2 Å². The highest BCUT2D eigenvalue weighted by atomic mass is 16.5. The largest absolute Gasteiger partial charge is 0.399 e. The summed E-state index contributed by atoms with van der Waals surface area (Å²) in [6.07, 6.45) is 0.428. The van der Waals surface area contributed by atoms with E-state index in [0.29, 0.717) is 18.7 Å². The summed E-state index contributed by atoms with van der Waals surface area (Å²) in [4.78, 5) is 11.9. The fraction of sp³-hybridized carbons (Fsp3) is 0.333. The van der Waals surface area contributed by atoms with Crippen LogP contribution in [0.1, 0.15) is 36.3 Å². The van der Waals surface area contributed by atoms with Crippen LogP contribution in [-0.4, -0.2) is 11.1 Å². The van der Waals surface area contributed by atoms with E-state index in [0.717, 1.165) is 16.9 Å². The van der Waals surface area contributed by atoms with E-state index in [-0.39, 0.29) is 11.8 Å². The van der Waals surface area contributed by atoms with Crippen molar-refractivity contribution in [2.45, 2.75) is 32.7 Å². The minimum atomic E-state index is -0.0108. The molecule has 0 aliphatic carbocycles. The van der Waals surface area contributed by atoms with E-state index in [9.17, 15) is 4.79 Å². The Balaban J connectivity index is 1.83. The Kier molecular flexibility index (Phi) is 4.40. The molecule has 0 radical (unpaired) electrons. The minimum absolute atomic E-state index is 0.0108. The summed E-state index contributed by atoms with van der Waals surface area (Å²) >= 11 is 0. The lowest BCUT2D eigenvalue weighted by molar-refractivity contribution is -0.121. The van der Waals surface area contributed by atoms with Gasteiger partial charge in [-0.15, -0.1) is 0 Å². The second-order valence-electron chi connectivity index (χ2n) is 4.98. The summed E-state index contributed by atoms with van der Waals surface area (Å²) in [5.41, 5.74) is 8.29. The number of carbonyl (C=O) groups excluding carboxylic acids is 1. The summed E-state index contributed by atoms with van der Waals surface area (Å²) in [5, 5.41) is 6.60. The lowest BCUT2D eigenvalue weighted by atomic mass is 9.97. The number of hydrogen-bond acceptors (Lipinski definition) is 4. The van der Waals surface area contributed by atoms with Gasteiger partial charge in [0.05, 0.1) is 12.2 Å². The Hall–Kier alpha value is -2.30. The van der Waals surface area contributed by atoms with E-state index >= 15 is 0 Å². The zero-order chi connectivity index (χ0) is 14.5. The van der Waals surface area contributed by atoms with Gasteiger partial charge >= 0.3 is 0 Å². The number of hydrogen-bond donors (Lipinski definition) is 2. The van der Waals surface area contributed by atoms with Gasteiger partial charge in [0.15, 0.2) is 5.76 Å². The van der Waals surface area contributed by atoms with Gasteiger partial charge in [-0.2, -0.15) is 0 Å². The Labute approximate surface area is 118 Å². The van der Waals surface area contributed by atoms with Gasteiger partial charge < -0.3 is 15.6 Å². The predicted molar refractivity (Wildman–Crippen MR) is 77.0 cm³/mol. The first-order chi connectivity index (χ1) is 9.54. The molecule has 0 saturated carbocycles. The molecule has 5 heteroatoms. The monoisotopic (exact) mass is 273 g/mol. The maximum absolute atomic E-state index is 11.9. The molecule has 0 fully saturated rings. The molecule has 20 heavy (non-hydrogen) atoms. The fourth-order valence-electron chi connectivity index (χ4n) is 1.98. The second kappa shape index (κ2) is 6.23. The highest BCUT2D eigenvalue weighted by Crippen LogP contribution is 2.20. The molecular weight excluding hydrogens is 254 g/mol. The van der Waals surface area contributed by atoms with Gasteiger partial charge in [-0.1, -0.05) is 24.2 Å². The van der Waals surface area contributed by atoms with Gasteiger partial charge in [-0.05, 0) is 30.5 Å². The van der Waals surface area contributed by atoms with Gasteiger partial charge in [-0.3, -0.25) is 4.79 Å². The number of anilines is 1. The molecule has 0 saturated heterocycles. The van der Waals surface area contributed by atoms with E-state index < -0.39 is 0 Å². The van der Waals surface area contributed by atoms with Crippen LogP contribution in [0, 0.1) is 6.92 Å². The second-order valence-corrected chi connectivity index (χ2v) is 4.98. The van der Waals surface area contributed by atoms with E-state index in [2.05, 4.69) is 10.5 Å². The van der Waals surface area contributed by atoms with Crippen LogP contribution in [0.15, 0.2) is 34.9 Å². The Bertz CT molecular complexity index is 575. The number of aromatic nitrogens is 1. The van der Waals surface area contributed by atoms with Crippen LogP contribution in [0.3, 0.4) is 0 Å². The van der Waals surface area contributed by atoms with Crippen molar-refractivity contribution in [1.82, 2.24) is 10.5 Å². The molecule has 2 aromatic rings. The number of nitrogens with two attached hydrogens (primary N) is 1. The third-order valence-corrected chi connectivity index (χ3v) is 3.13. The quantitative estimate of drug-likeness (QED) is 0.819. The third kappa shape index (κ3) is 3.85. The first-order valence-corrected chi connectivity index (χ1v) is 6.59. The molecule has 0 aliphatic heterocycles. The van der Waals surface area contributed by atoms with Crippen molar-refractivity contribution in [2.75, 3.05) is 5.73 Å². The van der Waals surface area contributed by atoms with Crippen molar-refractivity contribution in [3.8, 4) is 0 Å². The molecule has 0 spiro atoms. The molecule has 0 aliphatic rings. The van der Waals surface area contributed by atoms with Crippen molar-refractivity contribution >= 4 is 11.6 Å². The number of carbonyl (C=O) groups is 1. The number of amides is 1. The fourth-order valence-corrected chi connectivity index (χ4v) is 1.98. The van der Waals surface area contributed by atoms with Crippen molar-refractivity contribution in [3.63, 3.8) is 0 Å². The molecule has 1 aromatic heterocycles. The van der Waals surface area contributed by atoms with Crippen LogP contribution < -0.4 is 11.1 Å². The maximum atomic E-state index is 11.9. The Morgan fingerprint density at radius 1 is 1.40 bits per heavy atom. The molecule has 3 N–H and O–H groups in total. The summed E-state index contributed by atoms with van der Waals surface area (Å²) in [7, 11) is 0. The highest BCUT2D eigenvalue weighted by Gasteiger charge is 2.11. The van der Waals surface area contributed by atoms with Crippen molar-refractivity contribution in [1.29, 1.82) is 0 Å². The van der Waals surface area contributed by atoms with Crippen LogP contribution in [0.5, 0.6) is 0 Å². The summed E-state index contributed by atoms with van der Waals surface area (Å²) < 4.78 is 5.04. The van der Waals surface area contributed by atoms with E-state index in [4.69, 9.17) is 10.3 Å². The molecule has 1 amide bonds. The van der Waals surface area contributed by atoms with Crippen molar-refractivity contribution in [2.24, 2.45) is 0 Å². The van der Waals surface area contributed by atoms with Crippen LogP contribution in [0.4, 0.5) is 5.69 Å². The Morgan fingerprint density at radius 2 is 2.10 bits per heavy atom. The molecule has 0 bridgehead atoms. The molecule has 2 rings (SSSR count). The molecule has 106 valence electrons. The summed E-state index contributed by atoms with van der Waals surface area (Å²) in [6, 6.07) is 9.41. The minimum Gasteiger partial charge on any atom is -0.399 e. The molecule has 1 atom stereocenters. The van der Waals surface area contributed by atoms with Crippen molar-refractivity contribution in [3.05, 3.63) is 47.3 Å². The van der Waals surface area contributed by atoms with E-state index in [1.54, 1.807) is 0 Å². The first-order valence-electron chi connectivity index (χ1n) is 6.59. The van der Waals surface area contributed by atoms with E-state index in [1.807, 2.05) is 44.2 Å². The Morgan fingerprint density at radius 3 is 2.70 bits per heavy atom. The SMILES string of the molecule is Cc1cc(CNC(=O)CC(C)c2ccc(N)cc2)on1. The third-order valence-electron chi connectivity index (χ3n) is 3.13. The number of nitrogens with zero attached hydrogens (tertiary/aromatic N) is 1. The molecule has 5 nitrogen and oxygen atoms in total. The standard InChI is InChI=1S/C15H19N3O2/c1-10(12-3-5-13(16)6-4-12)7-15(19)17-9-14-8-11(2)18-20-14/h3-6,8,10H,7,9,16H2,1-2H3,(H,17,19). The summed E-state index contributed by atoms with van der Waals surface area (Å²) in [5.74, 6) is 0.798. The zero-order valence-electron chi connectivity index (χ0n) is 11.7. The van der Waals surface area contributed by atoms with Gasteiger partial charge in [0.25, 0.3) is 0 Å². The number of nitrogens with one attached hydrogen (secondary N) is 1. The summed E-state index contributed by atoms with van der Waals surface area (Å²) in [6.45, 7) is 4.23. The van der Waals surface area contributed by atoms with Gasteiger partial charge in [0.1, 0.15) is 0 Å². The van der Waals surface area contributed by atoms with Crippen LogP contribution in [-0.2, 0) is 11.3 Å². The van der Waals surface area contributed by atoms with Crippen LogP contribution in [0.25, 0.3) is 0 Å². The van der Waals surface area contributed by atoms with Crippen LogP contribution >= 0.6 is 0 Å². The molecular formula is C15H19N3O2. The lowest BCUT2D eigenvalue weighted by Gasteiger charge is -2.11. The average Bonchev–Trinajstić information content (AvgIpc) is 2.83. The smallest absolute Gasteiger partial charge is 0.220 e. The first kappa shape index (κ1) is 14.1. The number of nitrogen functional groups attached to an aromatic ring is 1. The normalized spacial score (nSPS) is 12.1. The van der Waals surface area contributed by atoms with Gasteiger partial charge in [-0.25, -0.2) is 0 Å². The van der Waals surface area contributed by atoms with Gasteiger partial charge in [0.2, 0.25) is 5.91 Å².